The van der Waals surface area contributed by atoms with Crippen LogP contribution in [0.1, 0.15) is 22.3 Å². The van der Waals surface area contributed by atoms with Crippen LogP contribution in [0, 0.1) is 32.1 Å². The van der Waals surface area contributed by atoms with Crippen LogP contribution in [0.3, 0.4) is 0 Å². The normalized spacial score (nSPS) is 11.4. The van der Waals surface area contributed by atoms with Crippen LogP contribution >= 0.6 is 0 Å². The van der Waals surface area contributed by atoms with E-state index in [0.29, 0.717) is 27.8 Å². The summed E-state index contributed by atoms with van der Waals surface area (Å²) in [6, 6.07) is 28.5. The maximum atomic E-state index is 13.8. The molecule has 0 atom stereocenters. The summed E-state index contributed by atoms with van der Waals surface area (Å²) >= 11 is 0. The molecule has 36 heavy (non-hydrogen) atoms. The predicted molar refractivity (Wildman–Crippen MR) is 141 cm³/mol. The Morgan fingerprint density at radius 1 is 0.806 bits per heavy atom. The van der Waals surface area contributed by atoms with E-state index in [0.717, 1.165) is 22.4 Å². The molecule has 0 aliphatic carbocycles. The monoisotopic (exact) mass is 492 g/mol. The Bertz CT molecular complexity index is 1720. The minimum atomic E-state index is -4.23. The zero-order valence-corrected chi connectivity index (χ0v) is 21.0. The highest BCUT2D eigenvalue weighted by molar-refractivity contribution is 7.87. The topological polar surface area (TPSA) is 71.6 Å². The number of aryl methyl sites for hydroxylation is 3. The Morgan fingerprint density at radius 2 is 1.39 bits per heavy atom. The third-order valence-electron chi connectivity index (χ3n) is 6.19. The van der Waals surface area contributed by atoms with Gasteiger partial charge in [-0.05, 0) is 55.2 Å². The third-order valence-corrected chi connectivity index (χ3v) is 7.72. The number of pyridine rings is 1. The van der Waals surface area contributed by atoms with Crippen LogP contribution in [-0.4, -0.2) is 12.8 Å². The fourth-order valence-corrected chi connectivity index (χ4v) is 6.28. The number of fused-ring (bicyclic) bond motifs is 1. The van der Waals surface area contributed by atoms with Gasteiger partial charge in [-0.25, -0.2) is 0 Å². The number of aromatic nitrogens is 1. The first-order valence-corrected chi connectivity index (χ1v) is 12.9. The summed E-state index contributed by atoms with van der Waals surface area (Å²) in [6.07, 6.45) is 1.83. The molecule has 0 aliphatic heterocycles. The minimum absolute atomic E-state index is 0.136. The summed E-state index contributed by atoms with van der Waals surface area (Å²) in [7, 11) is -4.23. The van der Waals surface area contributed by atoms with Gasteiger partial charge in [-0.2, -0.15) is 13.7 Å². The zero-order chi connectivity index (χ0) is 25.4. The van der Waals surface area contributed by atoms with Gasteiger partial charge in [0.2, 0.25) is 0 Å². The lowest BCUT2D eigenvalue weighted by Crippen LogP contribution is -2.13. The molecule has 178 valence electrons. The molecule has 5 aromatic rings. The van der Waals surface area contributed by atoms with Crippen molar-refractivity contribution in [2.45, 2.75) is 25.7 Å². The van der Waals surface area contributed by atoms with Crippen molar-refractivity contribution >= 4 is 15.6 Å². The number of nitriles is 1. The molecule has 2 aromatic heterocycles. The van der Waals surface area contributed by atoms with Crippen LogP contribution in [0.15, 0.2) is 96.0 Å². The molecule has 0 unspecified atom stereocenters. The lowest BCUT2D eigenvalue weighted by molar-refractivity contribution is 0.488. The summed E-state index contributed by atoms with van der Waals surface area (Å²) in [5, 5.41) is 9.97. The molecule has 5 rings (SSSR count). The average molecular weight is 493 g/mol. The summed E-state index contributed by atoms with van der Waals surface area (Å²) in [5.41, 5.74) is 5.93. The highest BCUT2D eigenvalue weighted by atomic mass is 32.2. The van der Waals surface area contributed by atoms with Crippen LogP contribution in [0.25, 0.3) is 27.9 Å². The first kappa shape index (κ1) is 23.4. The Kier molecular flexibility index (Phi) is 5.87. The second-order valence-electron chi connectivity index (χ2n) is 8.80. The molecular weight excluding hydrogens is 468 g/mol. The van der Waals surface area contributed by atoms with Crippen molar-refractivity contribution in [1.82, 2.24) is 4.40 Å². The lowest BCUT2D eigenvalue weighted by atomic mass is 10.0. The van der Waals surface area contributed by atoms with E-state index in [9.17, 15) is 13.7 Å². The predicted octanol–water partition coefficient (Wildman–Crippen LogP) is 6.84. The Morgan fingerprint density at radius 3 is 1.97 bits per heavy atom. The van der Waals surface area contributed by atoms with Gasteiger partial charge >= 0.3 is 10.1 Å². The van der Waals surface area contributed by atoms with E-state index >= 15 is 0 Å². The van der Waals surface area contributed by atoms with Gasteiger partial charge in [-0.3, -0.25) is 0 Å². The van der Waals surface area contributed by atoms with Gasteiger partial charge in [0.1, 0.15) is 16.5 Å². The largest absolute Gasteiger partial charge is 0.376 e. The van der Waals surface area contributed by atoms with Gasteiger partial charge in [-0.15, -0.1) is 0 Å². The number of hydrogen-bond donors (Lipinski definition) is 0. The number of nitrogens with zero attached hydrogens (tertiary/aromatic N) is 2. The Labute approximate surface area is 211 Å². The molecule has 0 fully saturated rings. The summed E-state index contributed by atoms with van der Waals surface area (Å²) in [5.74, 6) is 0.136. The van der Waals surface area contributed by atoms with Crippen LogP contribution in [0.2, 0.25) is 0 Å². The smallest absolute Gasteiger partial charge is 0.339 e. The molecular formula is C30H24N2O3S. The molecule has 2 heterocycles. The fraction of sp³-hybridized carbons (Fsp3) is 0.100. The van der Waals surface area contributed by atoms with Crippen molar-refractivity contribution in [3.05, 3.63) is 113 Å². The van der Waals surface area contributed by atoms with Gasteiger partial charge in [0.25, 0.3) is 0 Å². The molecule has 0 bridgehead atoms. The second-order valence-corrected chi connectivity index (χ2v) is 10.3. The molecule has 5 nitrogen and oxygen atoms in total. The third kappa shape index (κ3) is 3.94. The van der Waals surface area contributed by atoms with Gasteiger partial charge in [0.05, 0.1) is 16.8 Å². The van der Waals surface area contributed by atoms with E-state index in [1.807, 2.05) is 90.3 Å². The van der Waals surface area contributed by atoms with E-state index in [2.05, 4.69) is 6.07 Å². The van der Waals surface area contributed by atoms with Gasteiger partial charge in [-0.1, -0.05) is 78.4 Å². The molecule has 0 saturated carbocycles. The summed E-state index contributed by atoms with van der Waals surface area (Å²) in [4.78, 5) is 0.141. The van der Waals surface area contributed by atoms with Crippen LogP contribution in [0.4, 0.5) is 0 Å². The lowest BCUT2D eigenvalue weighted by Gasteiger charge is -2.14. The van der Waals surface area contributed by atoms with E-state index < -0.39 is 10.1 Å². The van der Waals surface area contributed by atoms with E-state index in [1.165, 1.54) is 0 Å². The highest BCUT2D eigenvalue weighted by Crippen LogP contribution is 2.46. The molecule has 0 saturated heterocycles. The zero-order valence-electron chi connectivity index (χ0n) is 20.2. The fourth-order valence-electron chi connectivity index (χ4n) is 4.91. The first-order valence-electron chi connectivity index (χ1n) is 11.5. The number of hydrogen-bond acceptors (Lipinski definition) is 4. The molecule has 6 heteroatoms. The van der Waals surface area contributed by atoms with Crippen molar-refractivity contribution in [3.63, 3.8) is 0 Å². The Hall–Kier alpha value is -4.34. The SMILES string of the molecule is Cc1cc(C)c(S(=O)(=O)Oc2c(-c3ccccc3)c(-c3ccccc3)n3cccc(C#N)c23)c(C)c1. The number of rotatable bonds is 5. The van der Waals surface area contributed by atoms with E-state index in [1.54, 1.807) is 26.0 Å². The van der Waals surface area contributed by atoms with Gasteiger partial charge < -0.3 is 8.58 Å². The quantitative estimate of drug-likeness (QED) is 0.252. The molecule has 0 N–H and O–H groups in total. The summed E-state index contributed by atoms with van der Waals surface area (Å²) in [6.45, 7) is 5.46. The maximum absolute atomic E-state index is 13.8. The highest BCUT2D eigenvalue weighted by Gasteiger charge is 2.30. The van der Waals surface area contributed by atoms with Crippen molar-refractivity contribution < 1.29 is 12.6 Å². The second kappa shape index (κ2) is 9.03. The van der Waals surface area contributed by atoms with Gasteiger partial charge in [0, 0.05) is 6.20 Å². The van der Waals surface area contributed by atoms with Crippen molar-refractivity contribution in [2.75, 3.05) is 0 Å². The summed E-state index contributed by atoms with van der Waals surface area (Å²) < 4.78 is 35.5. The molecule has 3 aromatic carbocycles. The van der Waals surface area contributed by atoms with E-state index in [-0.39, 0.29) is 10.6 Å². The Balaban J connectivity index is 1.89. The van der Waals surface area contributed by atoms with Crippen LogP contribution < -0.4 is 4.18 Å². The molecule has 0 amide bonds. The standard InChI is InChI=1S/C30H24N2O3S/c1-20-17-21(2)30(22(3)18-20)36(33,34)35-29-26(23-11-6-4-7-12-23)27(24-13-8-5-9-14-24)32-16-10-15-25(19-31)28(29)32/h4-18H,1-3H3. The van der Waals surface area contributed by atoms with E-state index in [4.69, 9.17) is 4.18 Å². The van der Waals surface area contributed by atoms with Crippen molar-refractivity contribution in [3.8, 4) is 34.2 Å². The minimum Gasteiger partial charge on any atom is -0.376 e. The van der Waals surface area contributed by atoms with Crippen molar-refractivity contribution in [1.29, 1.82) is 5.26 Å². The molecule has 0 spiro atoms. The molecule has 0 radical (unpaired) electrons. The number of benzene rings is 3. The van der Waals surface area contributed by atoms with Gasteiger partial charge in [0.15, 0.2) is 5.75 Å². The molecule has 0 aliphatic rings. The first-order chi connectivity index (χ1) is 17.3. The average Bonchev–Trinajstić information content (AvgIpc) is 3.17. The van der Waals surface area contributed by atoms with Crippen molar-refractivity contribution in [2.24, 2.45) is 0 Å². The van der Waals surface area contributed by atoms with Crippen LogP contribution in [0.5, 0.6) is 5.75 Å². The maximum Gasteiger partial charge on any atom is 0.339 e. The van der Waals surface area contributed by atoms with Crippen LogP contribution in [-0.2, 0) is 10.1 Å².